The monoisotopic (exact) mass is 358 g/mol. The fourth-order valence-electron chi connectivity index (χ4n) is 3.02. The molecule has 0 bridgehead atoms. The summed E-state index contributed by atoms with van der Waals surface area (Å²) in [7, 11) is 1.70. The van der Waals surface area contributed by atoms with Crippen LogP contribution >= 0.6 is 0 Å². The van der Waals surface area contributed by atoms with Crippen molar-refractivity contribution in [2.75, 3.05) is 13.6 Å². The Morgan fingerprint density at radius 1 is 1.23 bits per heavy atom. The van der Waals surface area contributed by atoms with Crippen LogP contribution in [0.1, 0.15) is 25.0 Å². The van der Waals surface area contributed by atoms with Crippen molar-refractivity contribution >= 4 is 11.9 Å². The molecule has 0 radical (unpaired) electrons. The Bertz CT molecular complexity index is 758. The van der Waals surface area contributed by atoms with Gasteiger partial charge in [0.15, 0.2) is 6.10 Å². The number of carbonyl (C=O) groups excluding carboxylic acids is 1. The quantitative estimate of drug-likeness (QED) is 0.817. The van der Waals surface area contributed by atoms with E-state index in [0.29, 0.717) is 25.8 Å². The summed E-state index contributed by atoms with van der Waals surface area (Å²) in [5, 5.41) is 13.0. The topological polar surface area (TPSA) is 92.9 Å². The lowest BCUT2D eigenvalue weighted by Crippen LogP contribution is -2.37. The number of aryl methyl sites for hydroxylation is 1. The van der Waals surface area contributed by atoms with Crippen molar-refractivity contribution in [3.63, 3.8) is 0 Å². The van der Waals surface area contributed by atoms with Gasteiger partial charge in [-0.25, -0.2) is 4.79 Å². The molecule has 1 aromatic heterocycles. The maximum absolute atomic E-state index is 12.3. The zero-order valence-corrected chi connectivity index (χ0v) is 14.6. The Morgan fingerprint density at radius 2 is 1.96 bits per heavy atom. The third-order valence-corrected chi connectivity index (χ3v) is 4.49. The number of likely N-dealkylation sites (N-methyl/N-ethyl adjacent to an activating group) is 1. The van der Waals surface area contributed by atoms with Crippen LogP contribution < -0.4 is 0 Å². The number of hydrogen-bond acceptors (Lipinski definition) is 5. The number of rotatable bonds is 7. The second-order valence-electron chi connectivity index (χ2n) is 6.44. The summed E-state index contributed by atoms with van der Waals surface area (Å²) in [4.78, 5) is 24.8. The Kier molecular flexibility index (Phi) is 5.68. The van der Waals surface area contributed by atoms with Gasteiger partial charge in [-0.2, -0.15) is 0 Å². The van der Waals surface area contributed by atoms with E-state index in [9.17, 15) is 9.59 Å². The molecule has 1 aromatic carbocycles. The highest BCUT2D eigenvalue weighted by Gasteiger charge is 2.35. The van der Waals surface area contributed by atoms with E-state index in [1.807, 2.05) is 36.4 Å². The van der Waals surface area contributed by atoms with E-state index >= 15 is 0 Å². The minimum absolute atomic E-state index is 0.170. The molecular weight excluding hydrogens is 336 g/mol. The van der Waals surface area contributed by atoms with Crippen LogP contribution in [0.2, 0.25) is 0 Å². The van der Waals surface area contributed by atoms with Crippen LogP contribution in [-0.4, -0.2) is 52.8 Å². The summed E-state index contributed by atoms with van der Waals surface area (Å²) >= 11 is 0. The number of nitrogens with zero attached hydrogens (tertiary/aromatic N) is 2. The lowest BCUT2D eigenvalue weighted by molar-refractivity contribution is -0.154. The van der Waals surface area contributed by atoms with Gasteiger partial charge in [0.25, 0.3) is 5.91 Å². The van der Waals surface area contributed by atoms with Gasteiger partial charge in [0.2, 0.25) is 0 Å². The summed E-state index contributed by atoms with van der Waals surface area (Å²) in [5.41, 5.74) is 1.80. The molecule has 7 heteroatoms. The van der Waals surface area contributed by atoms with Gasteiger partial charge in [0.05, 0.1) is 0 Å². The number of ether oxygens (including phenoxy) is 1. The van der Waals surface area contributed by atoms with Crippen molar-refractivity contribution in [1.29, 1.82) is 0 Å². The van der Waals surface area contributed by atoms with Gasteiger partial charge in [0.1, 0.15) is 17.6 Å². The van der Waals surface area contributed by atoms with Crippen molar-refractivity contribution in [3.05, 3.63) is 42.2 Å². The van der Waals surface area contributed by atoms with Crippen molar-refractivity contribution in [2.45, 2.75) is 37.9 Å². The Morgan fingerprint density at radius 3 is 2.65 bits per heavy atom. The van der Waals surface area contributed by atoms with E-state index < -0.39 is 18.2 Å². The van der Waals surface area contributed by atoms with Gasteiger partial charge in [-0.1, -0.05) is 35.5 Å². The molecule has 2 heterocycles. The molecule has 0 saturated carbocycles. The normalized spacial score (nSPS) is 19.4. The van der Waals surface area contributed by atoms with Gasteiger partial charge < -0.3 is 19.3 Å². The minimum Gasteiger partial charge on any atom is -0.479 e. The van der Waals surface area contributed by atoms with E-state index in [1.165, 1.54) is 0 Å². The zero-order valence-electron chi connectivity index (χ0n) is 14.6. The lowest BCUT2D eigenvalue weighted by atomic mass is 10.1. The molecule has 138 valence electrons. The Labute approximate surface area is 151 Å². The van der Waals surface area contributed by atoms with E-state index in [0.717, 1.165) is 23.4 Å². The summed E-state index contributed by atoms with van der Waals surface area (Å²) in [6.45, 7) is 0.539. The first-order valence-electron chi connectivity index (χ1n) is 8.69. The van der Waals surface area contributed by atoms with Crippen LogP contribution in [0.4, 0.5) is 0 Å². The Hall–Kier alpha value is -2.67. The number of aliphatic carboxylic acids is 1. The molecule has 26 heavy (non-hydrogen) atoms. The maximum Gasteiger partial charge on any atom is 0.332 e. The van der Waals surface area contributed by atoms with Gasteiger partial charge in [-0.05, 0) is 19.3 Å². The molecule has 1 aliphatic rings. The molecule has 0 spiro atoms. The molecule has 2 atom stereocenters. The van der Waals surface area contributed by atoms with Crippen molar-refractivity contribution in [2.24, 2.45) is 0 Å². The molecule has 1 fully saturated rings. The molecular formula is C19H22N2O5. The smallest absolute Gasteiger partial charge is 0.332 e. The van der Waals surface area contributed by atoms with Gasteiger partial charge in [-0.15, -0.1) is 0 Å². The van der Waals surface area contributed by atoms with E-state index in [1.54, 1.807) is 11.9 Å². The van der Waals surface area contributed by atoms with Crippen molar-refractivity contribution in [1.82, 2.24) is 10.1 Å². The van der Waals surface area contributed by atoms with Crippen molar-refractivity contribution < 1.29 is 24.0 Å². The summed E-state index contributed by atoms with van der Waals surface area (Å²) < 4.78 is 10.7. The van der Waals surface area contributed by atoms with Crippen LogP contribution in [0.5, 0.6) is 0 Å². The van der Waals surface area contributed by atoms with Crippen LogP contribution in [0.15, 0.2) is 40.9 Å². The second kappa shape index (κ2) is 8.14. The first-order valence-corrected chi connectivity index (χ1v) is 8.69. The average Bonchev–Trinajstić information content (AvgIpc) is 3.31. The van der Waals surface area contributed by atoms with Crippen LogP contribution in [0.3, 0.4) is 0 Å². The molecule has 3 rings (SSSR count). The van der Waals surface area contributed by atoms with Gasteiger partial charge in [0, 0.05) is 31.6 Å². The van der Waals surface area contributed by atoms with E-state index in [4.69, 9.17) is 14.4 Å². The number of carboxylic acid groups (broad SMARTS) is 1. The lowest BCUT2D eigenvalue weighted by Gasteiger charge is -2.20. The summed E-state index contributed by atoms with van der Waals surface area (Å²) in [6.07, 6.45) is 0.684. The highest BCUT2D eigenvalue weighted by atomic mass is 16.5. The molecule has 1 aliphatic heterocycles. The average molecular weight is 358 g/mol. The van der Waals surface area contributed by atoms with Crippen LogP contribution in [0.25, 0.3) is 11.3 Å². The molecule has 7 nitrogen and oxygen atoms in total. The zero-order chi connectivity index (χ0) is 18.5. The van der Waals surface area contributed by atoms with Crippen LogP contribution in [0, 0.1) is 0 Å². The number of aromatic nitrogens is 1. The van der Waals surface area contributed by atoms with Crippen LogP contribution in [-0.2, 0) is 20.7 Å². The molecule has 0 aliphatic carbocycles. The maximum atomic E-state index is 12.3. The third kappa shape index (κ3) is 4.29. The summed E-state index contributed by atoms with van der Waals surface area (Å²) in [5.74, 6) is -0.411. The molecule has 2 aromatic rings. The number of carbonyl (C=O) groups is 2. The predicted molar refractivity (Wildman–Crippen MR) is 93.4 cm³/mol. The molecule has 0 unspecified atom stereocenters. The number of hydrogen-bond donors (Lipinski definition) is 1. The predicted octanol–water partition coefficient (Wildman–Crippen LogP) is 2.36. The van der Waals surface area contributed by atoms with Gasteiger partial charge in [-0.3, -0.25) is 4.79 Å². The number of carboxylic acids is 1. The number of amides is 1. The fraction of sp³-hybridized carbons (Fsp3) is 0.421. The van der Waals surface area contributed by atoms with E-state index in [-0.39, 0.29) is 5.91 Å². The Balaban J connectivity index is 1.45. The second-order valence-corrected chi connectivity index (χ2v) is 6.44. The standard InChI is InChI=1S/C19H22N2O5/c1-21(18(22)16-9-10-17(25-16)19(23)24)11-5-8-14-12-15(20-26-14)13-6-3-2-4-7-13/h2-4,6-7,12,16-17H,5,8-11H2,1H3,(H,23,24)/t16-,17+/m0/s1. The van der Waals surface area contributed by atoms with Crippen molar-refractivity contribution in [3.8, 4) is 11.3 Å². The molecule has 1 saturated heterocycles. The SMILES string of the molecule is CN(CCCc1cc(-c2ccccc2)no1)C(=O)[C@@H]1CC[C@H](C(=O)O)O1. The highest BCUT2D eigenvalue weighted by molar-refractivity contribution is 5.82. The fourth-order valence-corrected chi connectivity index (χ4v) is 3.02. The summed E-state index contributed by atoms with van der Waals surface area (Å²) in [6, 6.07) is 11.7. The largest absolute Gasteiger partial charge is 0.479 e. The minimum atomic E-state index is -1.01. The highest BCUT2D eigenvalue weighted by Crippen LogP contribution is 2.22. The number of benzene rings is 1. The third-order valence-electron chi connectivity index (χ3n) is 4.49. The van der Waals surface area contributed by atoms with E-state index in [2.05, 4.69) is 5.16 Å². The first kappa shape index (κ1) is 18.1. The van der Waals surface area contributed by atoms with Gasteiger partial charge >= 0.3 is 5.97 Å². The molecule has 1 N–H and O–H groups in total. The molecule has 1 amide bonds. The first-order chi connectivity index (χ1) is 12.5.